The maximum Gasteiger partial charge on any atom is 0.327 e. The fraction of sp³-hybridized carbons (Fsp3) is 0.500. The number of urea groups is 1. The smallest absolute Gasteiger partial charge is 0.327 e. The minimum Gasteiger partial charge on any atom is -0.480 e. The summed E-state index contributed by atoms with van der Waals surface area (Å²) in [5.74, 6) is -17.9. The summed E-state index contributed by atoms with van der Waals surface area (Å²) in [4.78, 5) is 245. The molecule has 0 aliphatic carbocycles. The van der Waals surface area contributed by atoms with E-state index in [9.17, 15) is 82.8 Å². The average Bonchev–Trinajstić information content (AvgIpc) is 1.62. The van der Waals surface area contributed by atoms with Crippen molar-refractivity contribution in [1.82, 2.24) is 90.1 Å². The van der Waals surface area contributed by atoms with Gasteiger partial charge in [-0.3, -0.25) is 71.9 Å². The first-order chi connectivity index (χ1) is 62.2. The van der Waals surface area contributed by atoms with Crippen LogP contribution in [0.2, 0.25) is 0 Å². The maximum atomic E-state index is 15.5. The summed E-state index contributed by atoms with van der Waals surface area (Å²) in [5, 5.41) is 85.2. The molecular weight excluding hydrogens is 1750 g/mol. The van der Waals surface area contributed by atoms with Crippen LogP contribution in [0.4, 0.5) is 4.79 Å². The summed E-state index contributed by atoms with van der Waals surface area (Å²) in [5.41, 5.74) is 20.0. The van der Waals surface area contributed by atoms with E-state index in [1.54, 1.807) is 133 Å². The normalized spacial score (nSPS) is 25.0. The largest absolute Gasteiger partial charge is 0.480 e. The number of hydrogen-bond donors (Lipinski definition) is 24. The topological polar surface area (TPSA) is 657 Å². The van der Waals surface area contributed by atoms with Crippen LogP contribution in [0.5, 0.6) is 0 Å². The number of thioether (sulfide) groups is 1. The monoisotopic (exact) mass is 1860 g/mol. The van der Waals surface area contributed by atoms with Gasteiger partial charge in [-0.1, -0.05) is 137 Å². The van der Waals surface area contributed by atoms with Crippen molar-refractivity contribution in [2.45, 2.75) is 225 Å². The van der Waals surface area contributed by atoms with Gasteiger partial charge < -0.3 is 128 Å². The van der Waals surface area contributed by atoms with Crippen LogP contribution in [0.15, 0.2) is 121 Å². The molecule has 4 heterocycles. The van der Waals surface area contributed by atoms with Crippen LogP contribution in [-0.4, -0.2) is 278 Å². The Hall–Kier alpha value is -11.9. The molecule has 3 aliphatic heterocycles. The second kappa shape index (κ2) is 52.6. The first-order valence-corrected chi connectivity index (χ1v) is 46.4. The van der Waals surface area contributed by atoms with Gasteiger partial charge in [0, 0.05) is 71.7 Å². The van der Waals surface area contributed by atoms with Gasteiger partial charge in [0.1, 0.15) is 78.5 Å². The Bertz CT molecular complexity index is 4720. The molecule has 706 valence electrons. The molecule has 44 heteroatoms. The van der Waals surface area contributed by atoms with Gasteiger partial charge in [-0.25, -0.2) is 9.59 Å². The van der Waals surface area contributed by atoms with Crippen molar-refractivity contribution in [2.75, 3.05) is 43.5 Å². The van der Waals surface area contributed by atoms with Crippen LogP contribution in [-0.2, 0) is 102 Å². The summed E-state index contributed by atoms with van der Waals surface area (Å²) >= 11 is 1.72. The fourth-order valence-electron chi connectivity index (χ4n) is 14.6. The van der Waals surface area contributed by atoms with Crippen LogP contribution >= 0.6 is 33.3 Å². The van der Waals surface area contributed by atoms with E-state index in [0.717, 1.165) is 36.8 Å². The molecule has 18 atom stereocenters. The van der Waals surface area contributed by atoms with E-state index in [4.69, 9.17) is 17.2 Å². The number of aliphatic carboxylic acids is 1. The molecule has 1 aromatic heterocycles. The van der Waals surface area contributed by atoms with Gasteiger partial charge in [0.25, 0.3) is 0 Å². The Kier molecular flexibility index (Phi) is 41.9. The summed E-state index contributed by atoms with van der Waals surface area (Å²) in [6, 6.07) is 8.80. The Morgan fingerprint density at radius 3 is 1.42 bits per heavy atom. The molecule has 27 N–H and O–H groups in total. The molecule has 0 bridgehead atoms. The number of nitrogens with one attached hydrogen (secondary N) is 17. The molecule has 3 fully saturated rings. The number of unbranched alkanes of at least 4 members (excludes halogenated alkanes) is 3. The summed E-state index contributed by atoms with van der Waals surface area (Å²) in [7, 11) is 1.45. The van der Waals surface area contributed by atoms with Gasteiger partial charge in [-0.15, -0.1) is 0 Å². The lowest BCUT2D eigenvalue weighted by molar-refractivity contribution is -0.142. The number of aromatic nitrogens is 1. The quantitative estimate of drug-likeness (QED) is 0.0111. The highest BCUT2D eigenvalue weighted by molar-refractivity contribution is 8.76. The number of aliphatic hydroxyl groups is 3. The number of nitrogens with two attached hydrogens (primary N) is 3. The van der Waals surface area contributed by atoms with Crippen LogP contribution in [0, 0.1) is 0 Å². The summed E-state index contributed by atoms with van der Waals surface area (Å²) in [6.45, 7) is 1.75. The van der Waals surface area contributed by atoms with Crippen molar-refractivity contribution < 1.29 is 102 Å². The highest BCUT2D eigenvalue weighted by atomic mass is 33.1. The zero-order chi connectivity index (χ0) is 94.5. The third-order valence-corrected chi connectivity index (χ3v) is 25.6. The molecular formula is C86H118N20O21S3. The Morgan fingerprint density at radius 2 is 0.900 bits per heavy atom. The molecule has 3 aliphatic rings. The molecule has 0 radical (unpaired) electrons. The van der Waals surface area contributed by atoms with Gasteiger partial charge in [0.2, 0.25) is 88.6 Å². The van der Waals surface area contributed by atoms with Crippen LogP contribution in [0.3, 0.4) is 0 Å². The maximum absolute atomic E-state index is 15.5. The van der Waals surface area contributed by atoms with Gasteiger partial charge >= 0.3 is 12.0 Å². The number of carboxylic acid groups (broad SMARTS) is 1. The standard InChI is InChI=1S/C86H118N20O21S3/c1-46(92-68(111)32-16-15-31-66-72-63(43-128-66)103-86(127)106-72)73(113)91-41-69(112)93-64-44-129-130-45-65(85(125)126)102-81(121)62(42-107)101-84(124)71(48(3)109)105-80(120)59(37-51-25-11-6-12-26-51)100-83(123)70(47(2)108)104-75(115)56(30-18-20-34-88)94-78(118)60(38-52-40-90-54-28-14-13-27-53(52)54)98-77(117)58(36-50-23-9-5-10-24-50)96-76(116)57(35-49-21-7-4-8-22-49)97-79(119)61(39-67(89)110)99-74(114)55(95-82(64)122)29-17-19-33-87/h4-14,21-28,40,46-48,55-66,70-72,90,107-109H,15-20,29-39,41-45,87-88H2,1-3H3,(H2,89,110)(H,91,113)(H,92,111)(H,93,112)(H,94,118)(H,95,122)(H,96,116)(H,97,119)(H,98,117)(H,99,114)(H,100,123)(H,101,124)(H,102,121)(H,104,115)(H,105,120)(H,125,126)(H2,103,106,127). The van der Waals surface area contributed by atoms with Crippen molar-refractivity contribution in [1.29, 1.82) is 0 Å². The molecule has 18 unspecified atom stereocenters. The third-order valence-electron chi connectivity index (χ3n) is 21.7. The lowest BCUT2D eigenvalue weighted by Gasteiger charge is -2.29. The second-order valence-corrected chi connectivity index (χ2v) is 35.8. The number of H-pyrrole nitrogens is 1. The number of hydrogen-bond acceptors (Lipinski definition) is 25. The zero-order valence-electron chi connectivity index (χ0n) is 72.2. The minimum absolute atomic E-state index is 0.0198. The van der Waals surface area contributed by atoms with Gasteiger partial charge in [-0.2, -0.15) is 11.8 Å². The van der Waals surface area contributed by atoms with E-state index < -0.39 is 216 Å². The predicted octanol–water partition coefficient (Wildman–Crippen LogP) is -4.03. The van der Waals surface area contributed by atoms with Crippen molar-refractivity contribution in [3.63, 3.8) is 0 Å². The van der Waals surface area contributed by atoms with Crippen molar-refractivity contribution in [3.05, 3.63) is 144 Å². The Balaban J connectivity index is 1.14. The molecule has 0 saturated carbocycles. The number of benzene rings is 4. The van der Waals surface area contributed by atoms with E-state index in [1.807, 2.05) is 0 Å². The van der Waals surface area contributed by atoms with E-state index >= 15 is 19.2 Å². The van der Waals surface area contributed by atoms with E-state index in [0.29, 0.717) is 63.2 Å². The second-order valence-electron chi connectivity index (χ2n) is 32.0. The van der Waals surface area contributed by atoms with Crippen molar-refractivity contribution >= 4 is 145 Å². The number of rotatable bonds is 32. The molecule has 0 spiro atoms. The number of fused-ring (bicyclic) bond motifs is 2. The van der Waals surface area contributed by atoms with Gasteiger partial charge in [0.15, 0.2) is 0 Å². The van der Waals surface area contributed by atoms with Gasteiger partial charge in [0.05, 0.1) is 43.9 Å². The van der Waals surface area contributed by atoms with Gasteiger partial charge in [-0.05, 0) is 114 Å². The number of para-hydroxylation sites is 1. The lowest BCUT2D eigenvalue weighted by atomic mass is 10.00. The zero-order valence-corrected chi connectivity index (χ0v) is 74.6. The van der Waals surface area contributed by atoms with Crippen LogP contribution in [0.25, 0.3) is 10.9 Å². The van der Waals surface area contributed by atoms with E-state index in [-0.39, 0.29) is 101 Å². The number of aromatic amines is 1. The number of carbonyl (C=O) groups is 17. The van der Waals surface area contributed by atoms with Crippen molar-refractivity contribution in [2.24, 2.45) is 17.2 Å². The molecule has 41 nitrogen and oxygen atoms in total. The Morgan fingerprint density at radius 1 is 0.462 bits per heavy atom. The lowest BCUT2D eigenvalue weighted by Crippen LogP contribution is -2.63. The van der Waals surface area contributed by atoms with Crippen LogP contribution in [0.1, 0.15) is 114 Å². The highest BCUT2D eigenvalue weighted by Crippen LogP contribution is 2.33. The SMILES string of the molecule is CC(NC(=O)CCCCC1SCC2NC(=O)NC21)C(=O)NCC(=O)NC1CSSCC(C(=O)O)NC(=O)C(CO)NC(=O)C(C(C)O)NC(=O)C(Cc2ccccc2)NC(=O)C(C(C)O)NC(=O)C(CCCCN)NC(=O)C(Cc2c[nH]c3ccccc23)NC(=O)C(Cc2ccccc2)NC(=O)C(Cc2ccccc2)NC(=O)C(CC(N)=O)NC(=O)C(CCCCN)NC1=O. The molecule has 8 rings (SSSR count). The fourth-order valence-corrected chi connectivity index (χ4v) is 18.5. The number of aliphatic hydroxyl groups excluding tert-OH is 3. The summed E-state index contributed by atoms with van der Waals surface area (Å²) in [6.07, 6.45) is -1.85. The molecule has 17 amide bonds. The third kappa shape index (κ3) is 32.9. The number of carbonyl (C=O) groups excluding carboxylic acids is 16. The minimum atomic E-state index is -2.01. The predicted molar refractivity (Wildman–Crippen MR) is 483 cm³/mol. The highest BCUT2D eigenvalue weighted by Gasteiger charge is 2.44. The molecule has 130 heavy (non-hydrogen) atoms. The average molecular weight is 1860 g/mol. The molecule has 4 aromatic carbocycles. The Labute approximate surface area is 762 Å². The number of primary amides is 1. The first kappa shape index (κ1) is 103. The van der Waals surface area contributed by atoms with E-state index in [1.165, 1.54) is 6.92 Å². The van der Waals surface area contributed by atoms with E-state index in [2.05, 4.69) is 90.1 Å². The van der Waals surface area contributed by atoms with Crippen LogP contribution < -0.4 is 102 Å². The molecule has 5 aromatic rings. The number of amides is 17. The number of carboxylic acids is 1. The molecule has 3 saturated heterocycles. The summed E-state index contributed by atoms with van der Waals surface area (Å²) < 4.78 is 0. The first-order valence-electron chi connectivity index (χ1n) is 42.9. The van der Waals surface area contributed by atoms with Crippen molar-refractivity contribution in [3.8, 4) is 0 Å².